The molecule has 2 N–H and O–H groups in total. The highest BCUT2D eigenvalue weighted by Gasteiger charge is 2.27. The molecule has 1 fully saturated rings. The molecule has 1 aromatic rings. The van der Waals surface area contributed by atoms with E-state index in [0.717, 1.165) is 0 Å². The molecule has 7 nitrogen and oxygen atoms in total. The molecule has 1 aromatic heterocycles. The maximum Gasteiger partial charge on any atom is 0.315 e. The van der Waals surface area contributed by atoms with E-state index in [1.165, 1.54) is 0 Å². The number of hydrogen-bond acceptors (Lipinski definition) is 7. The van der Waals surface area contributed by atoms with Gasteiger partial charge in [-0.25, -0.2) is 8.42 Å². The molecule has 0 aliphatic carbocycles. The fourth-order valence-electron chi connectivity index (χ4n) is 1.81. The van der Waals surface area contributed by atoms with Crippen LogP contribution in [0.4, 0.5) is 6.01 Å². The van der Waals surface area contributed by atoms with Crippen LogP contribution < -0.4 is 10.6 Å². The summed E-state index contributed by atoms with van der Waals surface area (Å²) in [5, 5.41) is 13.5. The number of rotatable bonds is 5. The van der Waals surface area contributed by atoms with Gasteiger partial charge >= 0.3 is 6.01 Å². The minimum absolute atomic E-state index is 0.139. The van der Waals surface area contributed by atoms with Crippen LogP contribution in [0.5, 0.6) is 0 Å². The Morgan fingerprint density at radius 2 is 2.29 bits per heavy atom. The van der Waals surface area contributed by atoms with Gasteiger partial charge in [-0.1, -0.05) is 5.10 Å². The van der Waals surface area contributed by atoms with Crippen molar-refractivity contribution in [2.45, 2.75) is 13.0 Å². The molecule has 1 atom stereocenters. The monoisotopic (exact) mass is 260 g/mol. The molecule has 17 heavy (non-hydrogen) atoms. The third-order valence-corrected chi connectivity index (χ3v) is 4.50. The van der Waals surface area contributed by atoms with Crippen LogP contribution in [-0.2, 0) is 16.4 Å². The summed E-state index contributed by atoms with van der Waals surface area (Å²) in [4.78, 5) is 0. The number of nitrogens with one attached hydrogen (secondary N) is 2. The van der Waals surface area contributed by atoms with E-state index in [4.69, 9.17) is 4.42 Å². The van der Waals surface area contributed by atoms with E-state index >= 15 is 0 Å². The molecule has 0 spiro atoms. The lowest BCUT2D eigenvalue weighted by Crippen LogP contribution is -2.15. The van der Waals surface area contributed by atoms with Crippen LogP contribution in [-0.4, -0.2) is 43.7 Å². The number of aromatic nitrogens is 2. The number of nitrogens with zero attached hydrogens (tertiary/aromatic N) is 2. The summed E-state index contributed by atoms with van der Waals surface area (Å²) in [5.74, 6) is 1.18. The van der Waals surface area contributed by atoms with Crippen LogP contribution in [0.1, 0.15) is 12.3 Å². The third kappa shape index (κ3) is 3.40. The zero-order valence-corrected chi connectivity index (χ0v) is 10.5. The summed E-state index contributed by atoms with van der Waals surface area (Å²) in [6.07, 6.45) is 0.701. The van der Waals surface area contributed by atoms with Gasteiger partial charge in [0, 0.05) is 6.54 Å². The SMILES string of the molecule is CNCc1nnc(NCC2CCS(=O)(=O)C2)o1. The van der Waals surface area contributed by atoms with Crippen molar-refractivity contribution < 1.29 is 12.8 Å². The van der Waals surface area contributed by atoms with Crippen LogP contribution in [0.3, 0.4) is 0 Å². The first-order valence-electron chi connectivity index (χ1n) is 5.50. The topological polar surface area (TPSA) is 97.1 Å². The fourth-order valence-corrected chi connectivity index (χ4v) is 3.67. The van der Waals surface area contributed by atoms with E-state index < -0.39 is 9.84 Å². The zero-order valence-electron chi connectivity index (χ0n) is 9.64. The Kier molecular flexibility index (Phi) is 3.63. The van der Waals surface area contributed by atoms with Crippen molar-refractivity contribution in [2.24, 2.45) is 5.92 Å². The maximum atomic E-state index is 11.3. The van der Waals surface area contributed by atoms with Crippen molar-refractivity contribution in [3.05, 3.63) is 5.89 Å². The van der Waals surface area contributed by atoms with Gasteiger partial charge in [0.2, 0.25) is 5.89 Å². The second-order valence-electron chi connectivity index (χ2n) is 4.18. The average molecular weight is 260 g/mol. The average Bonchev–Trinajstić information content (AvgIpc) is 2.83. The van der Waals surface area contributed by atoms with Gasteiger partial charge < -0.3 is 15.1 Å². The van der Waals surface area contributed by atoms with Crippen LogP contribution >= 0.6 is 0 Å². The lowest BCUT2D eigenvalue weighted by Gasteiger charge is -2.06. The molecule has 1 aliphatic heterocycles. The molecule has 0 amide bonds. The quantitative estimate of drug-likeness (QED) is 0.745. The van der Waals surface area contributed by atoms with Gasteiger partial charge in [0.05, 0.1) is 18.1 Å². The predicted molar refractivity (Wildman–Crippen MR) is 62.3 cm³/mol. The number of anilines is 1. The Balaban J connectivity index is 1.82. The van der Waals surface area contributed by atoms with E-state index in [2.05, 4.69) is 20.8 Å². The summed E-state index contributed by atoms with van der Waals surface area (Å²) in [6.45, 7) is 1.08. The van der Waals surface area contributed by atoms with Crippen LogP contribution in [0.2, 0.25) is 0 Å². The summed E-state index contributed by atoms with van der Waals surface area (Å²) in [6, 6.07) is 0.347. The molecular weight excluding hydrogens is 244 g/mol. The third-order valence-electron chi connectivity index (χ3n) is 2.66. The van der Waals surface area contributed by atoms with Crippen molar-refractivity contribution in [3.63, 3.8) is 0 Å². The molecule has 1 unspecified atom stereocenters. The molecule has 0 aromatic carbocycles. The van der Waals surface area contributed by atoms with Gasteiger partial charge in [0.1, 0.15) is 0 Å². The Labute approximate surface area is 99.9 Å². The highest BCUT2D eigenvalue weighted by Crippen LogP contribution is 2.18. The van der Waals surface area contributed by atoms with E-state index in [0.29, 0.717) is 31.4 Å². The van der Waals surface area contributed by atoms with Crippen molar-refractivity contribution in [1.29, 1.82) is 0 Å². The van der Waals surface area contributed by atoms with Crippen molar-refractivity contribution >= 4 is 15.9 Å². The van der Waals surface area contributed by atoms with Crippen molar-refractivity contribution in [3.8, 4) is 0 Å². The lowest BCUT2D eigenvalue weighted by molar-refractivity contribution is 0.485. The van der Waals surface area contributed by atoms with Crippen molar-refractivity contribution in [1.82, 2.24) is 15.5 Å². The van der Waals surface area contributed by atoms with Gasteiger partial charge in [0.25, 0.3) is 0 Å². The first-order valence-corrected chi connectivity index (χ1v) is 7.32. The minimum Gasteiger partial charge on any atom is -0.407 e. The van der Waals surface area contributed by atoms with E-state index in [1.807, 2.05) is 0 Å². The summed E-state index contributed by atoms with van der Waals surface area (Å²) in [5.41, 5.74) is 0. The van der Waals surface area contributed by atoms with E-state index in [9.17, 15) is 8.42 Å². The number of hydrogen-bond donors (Lipinski definition) is 2. The zero-order chi connectivity index (χ0) is 12.3. The van der Waals surface area contributed by atoms with Gasteiger partial charge in [-0.15, -0.1) is 5.10 Å². The molecule has 0 bridgehead atoms. The molecule has 1 saturated heterocycles. The molecule has 0 saturated carbocycles. The largest absolute Gasteiger partial charge is 0.407 e. The summed E-state index contributed by atoms with van der Waals surface area (Å²) < 4.78 is 27.8. The smallest absolute Gasteiger partial charge is 0.315 e. The van der Waals surface area contributed by atoms with Gasteiger partial charge in [-0.2, -0.15) is 0 Å². The standard InChI is InChI=1S/C9H16N4O3S/c1-10-5-8-12-13-9(16-8)11-4-7-2-3-17(14,15)6-7/h7,10H,2-6H2,1H3,(H,11,13). The van der Waals surface area contributed by atoms with Crippen LogP contribution in [0, 0.1) is 5.92 Å². The van der Waals surface area contributed by atoms with Gasteiger partial charge in [0.15, 0.2) is 9.84 Å². The molecule has 0 radical (unpaired) electrons. The second kappa shape index (κ2) is 5.01. The van der Waals surface area contributed by atoms with E-state index in [-0.39, 0.29) is 17.4 Å². The van der Waals surface area contributed by atoms with Crippen LogP contribution in [0.25, 0.3) is 0 Å². The first-order chi connectivity index (χ1) is 8.09. The Bertz CT molecular complexity index is 470. The van der Waals surface area contributed by atoms with E-state index in [1.54, 1.807) is 7.05 Å². The fraction of sp³-hybridized carbons (Fsp3) is 0.778. The number of sulfone groups is 1. The molecule has 96 valence electrons. The predicted octanol–water partition coefficient (Wildman–Crippen LogP) is -0.364. The van der Waals surface area contributed by atoms with Crippen molar-refractivity contribution in [2.75, 3.05) is 30.4 Å². The minimum atomic E-state index is -2.82. The Hall–Kier alpha value is -1.15. The summed E-state index contributed by atoms with van der Waals surface area (Å²) in [7, 11) is -1.03. The Morgan fingerprint density at radius 1 is 1.47 bits per heavy atom. The van der Waals surface area contributed by atoms with Crippen LogP contribution in [0.15, 0.2) is 4.42 Å². The Morgan fingerprint density at radius 3 is 2.94 bits per heavy atom. The first kappa shape index (κ1) is 12.3. The molecule has 1 aliphatic rings. The highest BCUT2D eigenvalue weighted by atomic mass is 32.2. The second-order valence-corrected chi connectivity index (χ2v) is 6.41. The molecular formula is C9H16N4O3S. The molecule has 2 rings (SSSR count). The van der Waals surface area contributed by atoms with Gasteiger partial charge in [-0.05, 0) is 19.4 Å². The highest BCUT2D eigenvalue weighted by molar-refractivity contribution is 7.91. The normalized spacial score (nSPS) is 22.8. The van der Waals surface area contributed by atoms with Gasteiger partial charge in [-0.3, -0.25) is 0 Å². The maximum absolute atomic E-state index is 11.3. The summed E-state index contributed by atoms with van der Waals surface area (Å²) >= 11 is 0. The molecule has 8 heteroatoms. The lowest BCUT2D eigenvalue weighted by atomic mass is 10.1. The molecule has 2 heterocycles.